The van der Waals surface area contributed by atoms with Gasteiger partial charge in [0.1, 0.15) is 5.75 Å². The number of epoxide rings is 1. The van der Waals surface area contributed by atoms with E-state index in [1.54, 1.807) is 26.2 Å². The zero-order valence-corrected chi connectivity index (χ0v) is 14.7. The third-order valence-electron chi connectivity index (χ3n) is 4.69. The first-order valence-corrected chi connectivity index (χ1v) is 8.09. The molecule has 2 aliphatic rings. The molecule has 0 N–H and O–H groups in total. The normalized spacial score (nSPS) is 28.1. The van der Waals surface area contributed by atoms with E-state index in [1.807, 2.05) is 6.92 Å². The standard InChI is InChI=1S/C16H21FO3.C3H6/c1-9-8-11(18-3)12(14(19-4)13(9)17)10-6-5-7-16(2)15(10)20-16;1-3-2/h8,10,15H,5-7H2,1-4H3;3H,1H2,2H3. The third kappa shape index (κ3) is 3.23. The Morgan fingerprint density at radius 2 is 2.04 bits per heavy atom. The van der Waals surface area contributed by atoms with Gasteiger partial charge in [0.25, 0.3) is 0 Å². The average Bonchev–Trinajstić information content (AvgIpc) is 3.22. The summed E-state index contributed by atoms with van der Waals surface area (Å²) in [6, 6.07) is 1.75. The molecule has 1 saturated heterocycles. The first-order valence-electron chi connectivity index (χ1n) is 8.09. The van der Waals surface area contributed by atoms with Crippen LogP contribution in [0.3, 0.4) is 0 Å². The Morgan fingerprint density at radius 3 is 2.61 bits per heavy atom. The maximum atomic E-state index is 14.3. The van der Waals surface area contributed by atoms with Crippen molar-refractivity contribution in [3.63, 3.8) is 0 Å². The van der Waals surface area contributed by atoms with Gasteiger partial charge in [0.05, 0.1) is 25.9 Å². The van der Waals surface area contributed by atoms with Gasteiger partial charge in [-0.15, -0.1) is 6.58 Å². The van der Waals surface area contributed by atoms with Crippen LogP contribution in [-0.4, -0.2) is 25.9 Å². The van der Waals surface area contributed by atoms with Gasteiger partial charge in [0.15, 0.2) is 11.6 Å². The lowest BCUT2D eigenvalue weighted by Crippen LogP contribution is -2.23. The molecule has 23 heavy (non-hydrogen) atoms. The van der Waals surface area contributed by atoms with E-state index in [0.29, 0.717) is 17.1 Å². The highest BCUT2D eigenvalue weighted by molar-refractivity contribution is 5.52. The van der Waals surface area contributed by atoms with Gasteiger partial charge in [-0.2, -0.15) is 0 Å². The monoisotopic (exact) mass is 322 g/mol. The molecule has 1 aromatic carbocycles. The molecular formula is C19H27FO3. The van der Waals surface area contributed by atoms with Crippen molar-refractivity contribution in [2.45, 2.75) is 57.7 Å². The lowest BCUT2D eigenvalue weighted by Gasteiger charge is -2.26. The van der Waals surface area contributed by atoms with E-state index < -0.39 is 0 Å². The Hall–Kier alpha value is -1.55. The molecule has 3 unspecified atom stereocenters. The average molecular weight is 322 g/mol. The van der Waals surface area contributed by atoms with E-state index in [4.69, 9.17) is 14.2 Å². The Balaban J connectivity index is 0.000000595. The summed E-state index contributed by atoms with van der Waals surface area (Å²) in [5.41, 5.74) is 1.32. The summed E-state index contributed by atoms with van der Waals surface area (Å²) in [6.45, 7) is 9.11. The number of methoxy groups -OCH3 is 2. The first kappa shape index (κ1) is 17.8. The van der Waals surface area contributed by atoms with Gasteiger partial charge in [-0.05, 0) is 51.7 Å². The Bertz CT molecular complexity index is 584. The second-order valence-electron chi connectivity index (χ2n) is 6.41. The van der Waals surface area contributed by atoms with Crippen LogP contribution in [0.5, 0.6) is 11.5 Å². The lowest BCUT2D eigenvalue weighted by atomic mass is 9.78. The summed E-state index contributed by atoms with van der Waals surface area (Å²) in [6.07, 6.45) is 5.04. The minimum Gasteiger partial charge on any atom is -0.496 e. The van der Waals surface area contributed by atoms with Crippen LogP contribution in [0.25, 0.3) is 0 Å². The molecule has 3 nitrogen and oxygen atoms in total. The number of allylic oxidation sites excluding steroid dienone is 1. The van der Waals surface area contributed by atoms with Crippen LogP contribution in [0.1, 0.15) is 50.2 Å². The summed E-state index contributed by atoms with van der Waals surface area (Å²) >= 11 is 0. The highest BCUT2D eigenvalue weighted by Crippen LogP contribution is 2.57. The van der Waals surface area contributed by atoms with Crippen LogP contribution >= 0.6 is 0 Å². The number of ether oxygens (including phenoxy) is 3. The summed E-state index contributed by atoms with van der Waals surface area (Å²) in [5.74, 6) is 0.863. The van der Waals surface area contributed by atoms with E-state index in [2.05, 4.69) is 13.5 Å². The van der Waals surface area contributed by atoms with Gasteiger partial charge in [0.2, 0.25) is 0 Å². The highest BCUT2D eigenvalue weighted by atomic mass is 19.1. The molecule has 2 fully saturated rings. The molecule has 3 atom stereocenters. The number of benzene rings is 1. The number of fused-ring (bicyclic) bond motifs is 1. The number of halogens is 1. The van der Waals surface area contributed by atoms with Crippen LogP contribution in [0.4, 0.5) is 4.39 Å². The van der Waals surface area contributed by atoms with Crippen LogP contribution in [0.2, 0.25) is 0 Å². The van der Waals surface area contributed by atoms with Crippen LogP contribution in [-0.2, 0) is 4.74 Å². The lowest BCUT2D eigenvalue weighted by molar-refractivity contribution is 0.301. The van der Waals surface area contributed by atoms with Gasteiger partial charge in [-0.25, -0.2) is 4.39 Å². The fraction of sp³-hybridized carbons (Fsp3) is 0.579. The molecule has 1 heterocycles. The number of aryl methyl sites for hydroxylation is 1. The van der Waals surface area contributed by atoms with E-state index in [0.717, 1.165) is 24.8 Å². The summed E-state index contributed by atoms with van der Waals surface area (Å²) in [5, 5.41) is 0. The van der Waals surface area contributed by atoms with Gasteiger partial charge in [-0.1, -0.05) is 6.08 Å². The molecule has 0 spiro atoms. The minimum absolute atomic E-state index is 0.0414. The van der Waals surface area contributed by atoms with Crippen molar-refractivity contribution in [2.75, 3.05) is 14.2 Å². The molecule has 0 radical (unpaired) electrons. The molecule has 128 valence electrons. The Kier molecular flexibility index (Phi) is 5.35. The highest BCUT2D eigenvalue weighted by Gasteiger charge is 2.59. The smallest absolute Gasteiger partial charge is 0.168 e. The Labute approximate surface area is 138 Å². The molecule has 4 heteroatoms. The summed E-state index contributed by atoms with van der Waals surface area (Å²) < 4.78 is 31.0. The maximum Gasteiger partial charge on any atom is 0.168 e. The van der Waals surface area contributed by atoms with Crippen LogP contribution in [0.15, 0.2) is 18.7 Å². The maximum absolute atomic E-state index is 14.3. The zero-order chi connectivity index (χ0) is 17.2. The summed E-state index contributed by atoms with van der Waals surface area (Å²) in [4.78, 5) is 0. The molecular weight excluding hydrogens is 295 g/mol. The second-order valence-corrected chi connectivity index (χ2v) is 6.41. The zero-order valence-electron chi connectivity index (χ0n) is 14.7. The van der Waals surface area contributed by atoms with Crippen LogP contribution < -0.4 is 9.47 Å². The Morgan fingerprint density at radius 1 is 1.39 bits per heavy atom. The van der Waals surface area contributed by atoms with Gasteiger partial charge >= 0.3 is 0 Å². The first-order chi connectivity index (χ1) is 10.9. The minimum atomic E-state index is -0.295. The van der Waals surface area contributed by atoms with Crippen molar-refractivity contribution in [1.82, 2.24) is 0 Å². The van der Waals surface area contributed by atoms with Gasteiger partial charge in [0, 0.05) is 11.5 Å². The van der Waals surface area contributed by atoms with E-state index >= 15 is 0 Å². The van der Waals surface area contributed by atoms with Gasteiger partial charge < -0.3 is 14.2 Å². The predicted octanol–water partition coefficient (Wildman–Crippen LogP) is 4.77. The van der Waals surface area contributed by atoms with Crippen LogP contribution in [0, 0.1) is 12.7 Å². The predicted molar refractivity (Wildman–Crippen MR) is 90.0 cm³/mol. The molecule has 0 aromatic heterocycles. The number of hydrogen-bond acceptors (Lipinski definition) is 3. The quantitative estimate of drug-likeness (QED) is 0.593. The van der Waals surface area contributed by atoms with Crippen molar-refractivity contribution >= 4 is 0 Å². The number of hydrogen-bond donors (Lipinski definition) is 0. The van der Waals surface area contributed by atoms with Crippen molar-refractivity contribution in [2.24, 2.45) is 0 Å². The topological polar surface area (TPSA) is 31.0 Å². The summed E-state index contributed by atoms with van der Waals surface area (Å²) in [7, 11) is 3.13. The molecule has 1 aliphatic carbocycles. The second kappa shape index (κ2) is 6.91. The molecule has 0 bridgehead atoms. The fourth-order valence-corrected chi connectivity index (χ4v) is 3.55. The van der Waals surface area contributed by atoms with E-state index in [-0.39, 0.29) is 23.4 Å². The third-order valence-corrected chi connectivity index (χ3v) is 4.69. The largest absolute Gasteiger partial charge is 0.496 e. The molecule has 1 aliphatic heterocycles. The van der Waals surface area contributed by atoms with Crippen molar-refractivity contribution in [3.8, 4) is 11.5 Å². The molecule has 3 rings (SSSR count). The molecule has 0 amide bonds. The van der Waals surface area contributed by atoms with Crippen molar-refractivity contribution in [3.05, 3.63) is 35.7 Å². The SMILES string of the molecule is C=CC.COc1cc(C)c(F)c(OC)c1C1CCCC2(C)OC12. The van der Waals surface area contributed by atoms with Crippen molar-refractivity contribution in [1.29, 1.82) is 0 Å². The molecule has 1 aromatic rings. The fourth-order valence-electron chi connectivity index (χ4n) is 3.55. The van der Waals surface area contributed by atoms with Crippen molar-refractivity contribution < 1.29 is 18.6 Å². The van der Waals surface area contributed by atoms with Gasteiger partial charge in [-0.3, -0.25) is 0 Å². The molecule has 1 saturated carbocycles. The van der Waals surface area contributed by atoms with E-state index in [9.17, 15) is 4.39 Å². The number of rotatable bonds is 3. The van der Waals surface area contributed by atoms with E-state index in [1.165, 1.54) is 7.11 Å².